The molecular weight excluding hydrogens is 540 g/mol. The molecule has 3 rings (SSSR count). The van der Waals surface area contributed by atoms with Crippen molar-refractivity contribution in [3.63, 3.8) is 0 Å². The number of benzene rings is 2. The van der Waals surface area contributed by atoms with Gasteiger partial charge in [0.05, 0.1) is 10.5 Å². The first-order chi connectivity index (χ1) is 16.8. The van der Waals surface area contributed by atoms with Crippen molar-refractivity contribution in [3.8, 4) is 5.75 Å². The largest absolute Gasteiger partial charge is 0.490 e. The van der Waals surface area contributed by atoms with Crippen molar-refractivity contribution < 1.29 is 27.1 Å². The minimum absolute atomic E-state index is 0.000119. The molecule has 0 atom stereocenters. The molecule has 1 fully saturated rings. The van der Waals surface area contributed by atoms with E-state index < -0.39 is 22.7 Å². The van der Waals surface area contributed by atoms with Crippen molar-refractivity contribution in [3.05, 3.63) is 58.1 Å². The van der Waals surface area contributed by atoms with Crippen LogP contribution in [0.15, 0.2) is 51.8 Å². The molecule has 2 aromatic carbocycles. The quantitative estimate of drug-likeness (QED) is 0.399. The molecule has 35 heavy (non-hydrogen) atoms. The molecular formula is C24H29BrFN3O5S. The van der Waals surface area contributed by atoms with Crippen molar-refractivity contribution in [2.45, 2.75) is 49.5 Å². The summed E-state index contributed by atoms with van der Waals surface area (Å²) in [5, 5.41) is 5.51. The number of alkyl halides is 1. The Labute approximate surface area is 213 Å². The lowest BCUT2D eigenvalue weighted by atomic mass is 9.96. The van der Waals surface area contributed by atoms with Crippen LogP contribution in [0.3, 0.4) is 0 Å². The Morgan fingerprint density at radius 3 is 2.46 bits per heavy atom. The second-order valence-electron chi connectivity index (χ2n) is 8.24. The molecule has 0 bridgehead atoms. The first-order valence-corrected chi connectivity index (χ1v) is 13.7. The highest BCUT2D eigenvalue weighted by Gasteiger charge is 2.21. The molecule has 0 saturated heterocycles. The molecule has 1 saturated carbocycles. The predicted molar refractivity (Wildman–Crippen MR) is 134 cm³/mol. The summed E-state index contributed by atoms with van der Waals surface area (Å²) < 4.78 is 45.5. The monoisotopic (exact) mass is 568 g/mol. The number of hydrogen-bond donors (Lipinski definition) is 3. The van der Waals surface area contributed by atoms with E-state index in [1.807, 2.05) is 0 Å². The molecule has 0 heterocycles. The van der Waals surface area contributed by atoms with Gasteiger partial charge in [-0.15, -0.1) is 0 Å². The lowest BCUT2D eigenvalue weighted by Crippen LogP contribution is -2.45. The van der Waals surface area contributed by atoms with Gasteiger partial charge in [0.25, 0.3) is 15.9 Å². The molecule has 1 aliphatic carbocycles. The van der Waals surface area contributed by atoms with Gasteiger partial charge in [-0.1, -0.05) is 47.3 Å². The van der Waals surface area contributed by atoms with E-state index in [-0.39, 0.29) is 34.8 Å². The van der Waals surface area contributed by atoms with Crippen LogP contribution in [0, 0.1) is 0 Å². The van der Waals surface area contributed by atoms with Gasteiger partial charge in [-0.2, -0.15) is 0 Å². The number of carbonyl (C=O) groups is 2. The Kier molecular flexibility index (Phi) is 9.91. The number of amides is 3. The number of halogens is 2. The predicted octanol–water partition coefficient (Wildman–Crippen LogP) is 4.09. The average Bonchev–Trinajstić information content (AvgIpc) is 2.83. The van der Waals surface area contributed by atoms with Gasteiger partial charge in [-0.25, -0.2) is 22.3 Å². The van der Waals surface area contributed by atoms with Crippen molar-refractivity contribution in [1.82, 2.24) is 15.4 Å². The molecule has 11 heteroatoms. The lowest BCUT2D eigenvalue weighted by molar-refractivity contribution is 0.0949. The van der Waals surface area contributed by atoms with E-state index in [4.69, 9.17) is 4.74 Å². The molecule has 3 amide bonds. The normalized spacial score (nSPS) is 14.2. The van der Waals surface area contributed by atoms with Crippen LogP contribution in [0.1, 0.15) is 48.0 Å². The van der Waals surface area contributed by atoms with Crippen LogP contribution < -0.4 is 20.1 Å². The van der Waals surface area contributed by atoms with Crippen LogP contribution in [0.2, 0.25) is 0 Å². The highest BCUT2D eigenvalue weighted by Crippen LogP contribution is 2.23. The first-order valence-electron chi connectivity index (χ1n) is 11.5. The van der Waals surface area contributed by atoms with E-state index >= 15 is 0 Å². The SMILES string of the molecule is O=C(NC1CCCCC1)NS(=O)(=O)c1ccc(CCNC(=O)c2cc(Br)ccc2OCC[18F])cc1. The molecule has 190 valence electrons. The number of nitrogens with one attached hydrogen (secondary N) is 3. The number of urea groups is 1. The fourth-order valence-corrected chi connectivity index (χ4v) is 5.12. The molecule has 2 aromatic rings. The van der Waals surface area contributed by atoms with Crippen LogP contribution in [-0.4, -0.2) is 46.2 Å². The number of carbonyl (C=O) groups excluding carboxylic acids is 2. The zero-order valence-electron chi connectivity index (χ0n) is 19.2. The maximum Gasteiger partial charge on any atom is 0.328 e. The third-order valence-corrected chi connectivity index (χ3v) is 7.46. The second kappa shape index (κ2) is 12.9. The smallest absolute Gasteiger partial charge is 0.328 e. The summed E-state index contributed by atoms with van der Waals surface area (Å²) in [6, 6.07) is 10.3. The fraction of sp³-hybridized carbons (Fsp3) is 0.417. The highest BCUT2D eigenvalue weighted by atomic mass is 79.9. The zero-order chi connectivity index (χ0) is 25.3. The van der Waals surface area contributed by atoms with Gasteiger partial charge in [0, 0.05) is 17.1 Å². The van der Waals surface area contributed by atoms with E-state index in [1.165, 1.54) is 12.1 Å². The molecule has 8 nitrogen and oxygen atoms in total. The molecule has 3 N–H and O–H groups in total. The Balaban J connectivity index is 1.51. The lowest BCUT2D eigenvalue weighted by Gasteiger charge is -2.22. The van der Waals surface area contributed by atoms with Gasteiger partial charge in [0.2, 0.25) is 0 Å². The first kappa shape index (κ1) is 26.9. The number of rotatable bonds is 10. The summed E-state index contributed by atoms with van der Waals surface area (Å²) in [5.74, 6) is -0.0783. The van der Waals surface area contributed by atoms with Crippen molar-refractivity contribution in [2.75, 3.05) is 19.8 Å². The van der Waals surface area contributed by atoms with Crippen LogP contribution in [0.25, 0.3) is 0 Å². The maximum absolute atomic E-state index is 12.6. The Morgan fingerprint density at radius 1 is 1.06 bits per heavy atom. The van der Waals surface area contributed by atoms with Gasteiger partial charge >= 0.3 is 6.03 Å². The van der Waals surface area contributed by atoms with Crippen LogP contribution in [0.5, 0.6) is 5.75 Å². The number of sulfonamides is 1. The summed E-state index contributed by atoms with van der Waals surface area (Å²) in [6.07, 6.45) is 5.34. The Hall–Kier alpha value is -2.66. The Bertz CT molecular complexity index is 1120. The molecule has 0 spiro atoms. The van der Waals surface area contributed by atoms with Gasteiger partial charge < -0.3 is 15.4 Å². The van der Waals surface area contributed by atoms with Gasteiger partial charge in [0.15, 0.2) is 0 Å². The molecule has 0 aromatic heterocycles. The van der Waals surface area contributed by atoms with E-state index in [1.54, 1.807) is 30.3 Å². The zero-order valence-corrected chi connectivity index (χ0v) is 21.6. The van der Waals surface area contributed by atoms with Gasteiger partial charge in [-0.3, -0.25) is 4.79 Å². The Morgan fingerprint density at radius 2 is 1.77 bits per heavy atom. The summed E-state index contributed by atoms with van der Waals surface area (Å²) in [5.41, 5.74) is 1.09. The summed E-state index contributed by atoms with van der Waals surface area (Å²) in [4.78, 5) is 24.7. The number of ether oxygens (including phenoxy) is 1. The molecule has 0 aliphatic heterocycles. The number of hydrogen-bond acceptors (Lipinski definition) is 5. The third kappa shape index (κ3) is 8.21. The van der Waals surface area contributed by atoms with Crippen LogP contribution >= 0.6 is 15.9 Å². The van der Waals surface area contributed by atoms with E-state index in [9.17, 15) is 22.4 Å². The maximum atomic E-state index is 12.6. The van der Waals surface area contributed by atoms with E-state index in [0.29, 0.717) is 17.4 Å². The molecule has 0 radical (unpaired) electrons. The summed E-state index contributed by atoms with van der Waals surface area (Å²) >= 11 is 3.31. The van der Waals surface area contributed by atoms with Crippen molar-refractivity contribution >= 4 is 37.9 Å². The minimum atomic E-state index is -3.99. The van der Waals surface area contributed by atoms with Crippen LogP contribution in [-0.2, 0) is 16.4 Å². The van der Waals surface area contributed by atoms with Crippen molar-refractivity contribution in [1.29, 1.82) is 0 Å². The minimum Gasteiger partial charge on any atom is -0.490 e. The third-order valence-electron chi connectivity index (χ3n) is 5.62. The van der Waals surface area contributed by atoms with Gasteiger partial charge in [0.1, 0.15) is 19.0 Å². The molecule has 1 aliphatic rings. The fourth-order valence-electron chi connectivity index (χ4n) is 3.85. The summed E-state index contributed by atoms with van der Waals surface area (Å²) in [7, 11) is -3.99. The second-order valence-corrected chi connectivity index (χ2v) is 10.8. The van der Waals surface area contributed by atoms with E-state index in [2.05, 4.69) is 31.3 Å². The van der Waals surface area contributed by atoms with Crippen molar-refractivity contribution in [2.24, 2.45) is 0 Å². The highest BCUT2D eigenvalue weighted by molar-refractivity contribution is 9.10. The summed E-state index contributed by atoms with van der Waals surface area (Å²) in [6.45, 7) is -0.514. The van der Waals surface area contributed by atoms with Crippen LogP contribution in [0.4, 0.5) is 9.18 Å². The topological polar surface area (TPSA) is 114 Å². The standard InChI is InChI=1S/C24H29BrFN3O5S/c25-18-8-11-22(34-15-13-26)21(16-18)23(30)27-14-12-17-6-9-20(10-7-17)35(32,33)29-24(31)28-19-4-2-1-3-5-19/h6-11,16,19H,1-5,12-15H2,(H,27,30)(H2,28,29,31)/i26-1. The van der Waals surface area contributed by atoms with E-state index in [0.717, 1.165) is 37.7 Å². The van der Waals surface area contributed by atoms with Gasteiger partial charge in [-0.05, 0) is 55.2 Å². The molecule has 0 unspecified atom stereocenters. The average molecular weight is 569 g/mol.